The molecule has 2 aliphatic rings. The maximum Gasteiger partial charge on any atom is 0.416 e. The van der Waals surface area contributed by atoms with Gasteiger partial charge in [0.1, 0.15) is 0 Å². The van der Waals surface area contributed by atoms with Gasteiger partial charge in [-0.25, -0.2) is 13.2 Å². The maximum absolute atomic E-state index is 12.8. The molecule has 160 valence electrons. The van der Waals surface area contributed by atoms with Crippen LogP contribution in [0.2, 0.25) is 0 Å². The number of sulfonamides is 1. The van der Waals surface area contributed by atoms with Gasteiger partial charge in [-0.15, -0.1) is 0 Å². The maximum atomic E-state index is 12.8. The fourth-order valence-electron chi connectivity index (χ4n) is 3.74. The first-order valence-electron chi connectivity index (χ1n) is 9.32. The molecule has 0 aliphatic carbocycles. The molecule has 6 nitrogen and oxygen atoms in total. The Kier molecular flexibility index (Phi) is 5.01. The largest absolute Gasteiger partial charge is 0.416 e. The van der Waals surface area contributed by atoms with Crippen LogP contribution in [0.3, 0.4) is 0 Å². The summed E-state index contributed by atoms with van der Waals surface area (Å²) in [4.78, 5) is 16.0. The first kappa shape index (κ1) is 20.7. The van der Waals surface area contributed by atoms with E-state index >= 15 is 0 Å². The van der Waals surface area contributed by atoms with Crippen LogP contribution >= 0.6 is 0 Å². The molecular weight excluding hydrogens is 419 g/mol. The molecule has 1 saturated heterocycles. The third kappa shape index (κ3) is 4.01. The highest BCUT2D eigenvalue weighted by atomic mass is 32.2. The molecule has 2 heterocycles. The summed E-state index contributed by atoms with van der Waals surface area (Å²) in [5, 5.41) is 0. The molecule has 0 spiro atoms. The standard InChI is InChI=1S/C20H20F3N3O3S/c1-30(28,29)25-12-15-4-7-18(10-16(15)13-25)26-9-8-24(19(26)27)11-14-2-5-17(6-3-14)20(21,22)23/h2-7,10H,8-9,11-13H2,1H3. The molecule has 0 saturated carbocycles. The van der Waals surface area contributed by atoms with Gasteiger partial charge in [0.05, 0.1) is 11.8 Å². The Morgan fingerprint density at radius 3 is 2.27 bits per heavy atom. The molecule has 2 aromatic carbocycles. The van der Waals surface area contributed by atoms with E-state index in [1.165, 1.54) is 22.7 Å². The molecule has 0 radical (unpaired) electrons. The highest BCUT2D eigenvalue weighted by Gasteiger charge is 2.33. The van der Waals surface area contributed by atoms with Crippen molar-refractivity contribution >= 4 is 21.7 Å². The second kappa shape index (κ2) is 7.28. The number of anilines is 1. The summed E-state index contributed by atoms with van der Waals surface area (Å²) < 4.78 is 63.0. The van der Waals surface area contributed by atoms with Crippen molar-refractivity contribution in [1.29, 1.82) is 0 Å². The van der Waals surface area contributed by atoms with Crippen LogP contribution < -0.4 is 4.90 Å². The van der Waals surface area contributed by atoms with Crippen LogP contribution in [0, 0.1) is 0 Å². The third-order valence-electron chi connectivity index (χ3n) is 5.41. The molecule has 0 atom stereocenters. The van der Waals surface area contributed by atoms with E-state index < -0.39 is 21.8 Å². The van der Waals surface area contributed by atoms with Gasteiger partial charge in [0.2, 0.25) is 10.0 Å². The van der Waals surface area contributed by atoms with E-state index in [1.807, 2.05) is 12.1 Å². The van der Waals surface area contributed by atoms with Crippen LogP contribution in [-0.4, -0.2) is 43.0 Å². The summed E-state index contributed by atoms with van der Waals surface area (Å²) in [7, 11) is -3.29. The van der Waals surface area contributed by atoms with Crippen LogP contribution in [0.25, 0.3) is 0 Å². The Labute approximate surface area is 172 Å². The zero-order valence-corrected chi connectivity index (χ0v) is 17.0. The van der Waals surface area contributed by atoms with E-state index in [4.69, 9.17) is 0 Å². The van der Waals surface area contributed by atoms with Gasteiger partial charge in [-0.3, -0.25) is 4.90 Å². The second-order valence-corrected chi connectivity index (χ2v) is 9.52. The van der Waals surface area contributed by atoms with Gasteiger partial charge < -0.3 is 4.90 Å². The van der Waals surface area contributed by atoms with Crippen molar-refractivity contribution in [2.75, 3.05) is 24.2 Å². The molecule has 1 fully saturated rings. The highest BCUT2D eigenvalue weighted by molar-refractivity contribution is 7.88. The van der Waals surface area contributed by atoms with Crippen molar-refractivity contribution < 1.29 is 26.4 Å². The van der Waals surface area contributed by atoms with E-state index in [-0.39, 0.29) is 19.1 Å². The predicted octanol–water partition coefficient (Wildman–Crippen LogP) is 3.42. The average molecular weight is 439 g/mol. The predicted molar refractivity (Wildman–Crippen MR) is 105 cm³/mol. The van der Waals surface area contributed by atoms with Gasteiger partial charge >= 0.3 is 12.2 Å². The number of benzene rings is 2. The van der Waals surface area contributed by atoms with Crippen LogP contribution in [0.5, 0.6) is 0 Å². The van der Waals surface area contributed by atoms with Crippen molar-refractivity contribution in [3.05, 3.63) is 64.7 Å². The Hall–Kier alpha value is -2.59. The number of hydrogen-bond donors (Lipinski definition) is 0. The summed E-state index contributed by atoms with van der Waals surface area (Å²) in [6.07, 6.45) is -3.22. The van der Waals surface area contributed by atoms with Gasteiger partial charge in [-0.2, -0.15) is 17.5 Å². The summed E-state index contributed by atoms with van der Waals surface area (Å²) in [5.74, 6) is 0. The molecule has 2 aromatic rings. The molecule has 30 heavy (non-hydrogen) atoms. The first-order valence-corrected chi connectivity index (χ1v) is 11.2. The quantitative estimate of drug-likeness (QED) is 0.734. The minimum Gasteiger partial charge on any atom is -0.318 e. The average Bonchev–Trinajstić information content (AvgIpc) is 3.25. The fourth-order valence-corrected chi connectivity index (χ4v) is 4.49. The molecule has 4 rings (SSSR count). The van der Waals surface area contributed by atoms with Crippen molar-refractivity contribution in [3.8, 4) is 0 Å². The van der Waals surface area contributed by atoms with Gasteiger partial charge in [0.15, 0.2) is 0 Å². The van der Waals surface area contributed by atoms with E-state index in [9.17, 15) is 26.4 Å². The fraction of sp³-hybridized carbons (Fsp3) is 0.350. The van der Waals surface area contributed by atoms with Crippen LogP contribution in [0.4, 0.5) is 23.7 Å². The van der Waals surface area contributed by atoms with E-state index in [0.29, 0.717) is 30.9 Å². The lowest BCUT2D eigenvalue weighted by Gasteiger charge is -2.19. The lowest BCUT2D eigenvalue weighted by molar-refractivity contribution is -0.137. The molecular formula is C20H20F3N3O3S. The molecule has 2 aliphatic heterocycles. The smallest absolute Gasteiger partial charge is 0.318 e. The number of amides is 2. The van der Waals surface area contributed by atoms with Gasteiger partial charge in [0.25, 0.3) is 0 Å². The van der Waals surface area contributed by atoms with E-state index in [1.54, 1.807) is 15.9 Å². The van der Waals surface area contributed by atoms with Crippen molar-refractivity contribution in [2.24, 2.45) is 0 Å². The van der Waals surface area contributed by atoms with E-state index in [0.717, 1.165) is 23.3 Å². The first-order chi connectivity index (χ1) is 14.0. The Morgan fingerprint density at radius 1 is 0.967 bits per heavy atom. The molecule has 0 N–H and O–H groups in total. The van der Waals surface area contributed by atoms with Crippen molar-refractivity contribution in [1.82, 2.24) is 9.21 Å². The number of fused-ring (bicyclic) bond motifs is 1. The number of alkyl halides is 3. The monoisotopic (exact) mass is 439 g/mol. The van der Waals surface area contributed by atoms with Crippen molar-refractivity contribution in [2.45, 2.75) is 25.8 Å². The molecule has 0 unspecified atom stereocenters. The number of halogens is 3. The zero-order chi connectivity index (χ0) is 21.7. The molecule has 2 amide bonds. The highest BCUT2D eigenvalue weighted by Crippen LogP contribution is 2.31. The second-order valence-electron chi connectivity index (χ2n) is 7.53. The number of carbonyl (C=O) groups excluding carboxylic acids is 1. The molecule has 10 heteroatoms. The number of urea groups is 1. The zero-order valence-electron chi connectivity index (χ0n) is 16.2. The van der Waals surface area contributed by atoms with E-state index in [2.05, 4.69) is 0 Å². The summed E-state index contributed by atoms with van der Waals surface area (Å²) >= 11 is 0. The lowest BCUT2D eigenvalue weighted by Crippen LogP contribution is -2.31. The van der Waals surface area contributed by atoms with Gasteiger partial charge in [-0.05, 0) is 41.0 Å². The lowest BCUT2D eigenvalue weighted by atomic mass is 10.1. The summed E-state index contributed by atoms with van der Waals surface area (Å²) in [5.41, 5.74) is 2.37. The van der Waals surface area contributed by atoms with Crippen molar-refractivity contribution in [3.63, 3.8) is 0 Å². The SMILES string of the molecule is CS(=O)(=O)N1Cc2ccc(N3CCN(Cc4ccc(C(F)(F)F)cc4)C3=O)cc2C1. The van der Waals surface area contributed by atoms with Crippen LogP contribution in [0.1, 0.15) is 22.3 Å². The molecule has 0 aromatic heterocycles. The van der Waals surface area contributed by atoms with Gasteiger partial charge in [0, 0.05) is 38.4 Å². The molecule has 0 bridgehead atoms. The minimum atomic E-state index is -4.39. The van der Waals surface area contributed by atoms with Crippen LogP contribution in [-0.2, 0) is 35.8 Å². The van der Waals surface area contributed by atoms with Crippen LogP contribution in [0.15, 0.2) is 42.5 Å². The number of rotatable bonds is 4. The normalized spacial score (nSPS) is 17.7. The Morgan fingerprint density at radius 2 is 1.63 bits per heavy atom. The summed E-state index contributed by atoms with van der Waals surface area (Å²) in [6, 6.07) is 10.0. The topological polar surface area (TPSA) is 60.9 Å². The number of hydrogen-bond acceptors (Lipinski definition) is 3. The Bertz CT molecular complexity index is 1080. The third-order valence-corrected chi connectivity index (χ3v) is 6.61. The number of carbonyl (C=O) groups is 1. The Balaban J connectivity index is 1.46. The minimum absolute atomic E-state index is 0.222. The summed E-state index contributed by atoms with van der Waals surface area (Å²) in [6.45, 7) is 1.72. The van der Waals surface area contributed by atoms with Gasteiger partial charge in [-0.1, -0.05) is 18.2 Å². The number of nitrogens with zero attached hydrogens (tertiary/aromatic N) is 3.